The Labute approximate surface area is 129 Å². The summed E-state index contributed by atoms with van der Waals surface area (Å²) >= 11 is 2.85. The number of aromatic nitrogens is 2. The van der Waals surface area contributed by atoms with Gasteiger partial charge in [0.1, 0.15) is 5.69 Å². The highest BCUT2D eigenvalue weighted by atomic mass is 32.1. The summed E-state index contributed by atoms with van der Waals surface area (Å²) < 4.78 is 0.788. The first-order chi connectivity index (χ1) is 10.1. The van der Waals surface area contributed by atoms with E-state index in [-0.39, 0.29) is 5.78 Å². The summed E-state index contributed by atoms with van der Waals surface area (Å²) in [6, 6.07) is 5.50. The van der Waals surface area contributed by atoms with Crippen LogP contribution in [-0.2, 0) is 0 Å². The molecular formula is C14H13N3O2S2. The number of nitrogens with zero attached hydrogens (tertiary/aromatic N) is 2. The van der Waals surface area contributed by atoms with Gasteiger partial charge in [0.2, 0.25) is 11.7 Å². The lowest BCUT2D eigenvalue weighted by Gasteiger charge is -2.08. The molecule has 0 bridgehead atoms. The molecule has 2 N–H and O–H groups in total. The van der Waals surface area contributed by atoms with Crippen molar-refractivity contribution in [1.29, 1.82) is 0 Å². The minimum Gasteiger partial charge on any atom is -0.392 e. The van der Waals surface area contributed by atoms with E-state index in [9.17, 15) is 9.90 Å². The summed E-state index contributed by atoms with van der Waals surface area (Å²) in [7, 11) is 0. The maximum atomic E-state index is 12.6. The smallest absolute Gasteiger partial charge is 0.224 e. The van der Waals surface area contributed by atoms with Crippen molar-refractivity contribution in [3.63, 3.8) is 0 Å². The van der Waals surface area contributed by atoms with Crippen LogP contribution in [-0.4, -0.2) is 33.5 Å². The van der Waals surface area contributed by atoms with Crippen LogP contribution in [0.25, 0.3) is 10.2 Å². The van der Waals surface area contributed by atoms with Crippen LogP contribution in [0.1, 0.15) is 22.3 Å². The van der Waals surface area contributed by atoms with E-state index in [0.29, 0.717) is 23.1 Å². The molecule has 7 heteroatoms. The molecular weight excluding hydrogens is 306 g/mol. The molecule has 0 amide bonds. The number of aliphatic hydroxyl groups excluding tert-OH is 1. The van der Waals surface area contributed by atoms with Gasteiger partial charge < -0.3 is 10.4 Å². The molecule has 108 valence electrons. The predicted molar refractivity (Wildman–Crippen MR) is 85.3 cm³/mol. The van der Waals surface area contributed by atoms with Gasteiger partial charge in [0, 0.05) is 6.54 Å². The summed E-state index contributed by atoms with van der Waals surface area (Å²) in [5.41, 5.74) is 1.15. The number of rotatable bonds is 5. The van der Waals surface area contributed by atoms with Crippen LogP contribution >= 0.6 is 22.7 Å². The first kappa shape index (κ1) is 14.1. The van der Waals surface area contributed by atoms with Crippen LogP contribution in [0.5, 0.6) is 0 Å². The van der Waals surface area contributed by atoms with E-state index >= 15 is 0 Å². The van der Waals surface area contributed by atoms with E-state index in [2.05, 4.69) is 15.3 Å². The van der Waals surface area contributed by atoms with Crippen molar-refractivity contribution in [2.75, 3.05) is 11.9 Å². The van der Waals surface area contributed by atoms with Crippen molar-refractivity contribution >= 4 is 44.6 Å². The fourth-order valence-electron chi connectivity index (χ4n) is 1.86. The number of carbonyl (C=O) groups is 1. The van der Waals surface area contributed by atoms with Crippen LogP contribution in [0, 0.1) is 0 Å². The fourth-order valence-corrected chi connectivity index (χ4v) is 3.34. The number of carbonyl (C=O) groups excluding carboxylic acids is 1. The summed E-state index contributed by atoms with van der Waals surface area (Å²) in [4.78, 5) is 21.9. The SMILES string of the molecule is C[C@@H](O)CNc1nc(C(=O)c2cccs2)c2sccc2n1. The van der Waals surface area contributed by atoms with Gasteiger partial charge in [0.05, 0.1) is 21.2 Å². The number of hydrogen-bond acceptors (Lipinski definition) is 7. The van der Waals surface area contributed by atoms with Crippen LogP contribution in [0.15, 0.2) is 29.0 Å². The molecule has 0 aliphatic heterocycles. The molecule has 0 spiro atoms. The van der Waals surface area contributed by atoms with Crippen molar-refractivity contribution in [1.82, 2.24) is 9.97 Å². The Hall–Kier alpha value is -1.83. The lowest BCUT2D eigenvalue weighted by atomic mass is 10.2. The molecule has 0 aliphatic carbocycles. The number of fused-ring (bicyclic) bond motifs is 1. The third kappa shape index (κ3) is 2.94. The van der Waals surface area contributed by atoms with Crippen LogP contribution < -0.4 is 5.32 Å². The lowest BCUT2D eigenvalue weighted by molar-refractivity contribution is 0.104. The first-order valence-electron chi connectivity index (χ1n) is 6.40. The van der Waals surface area contributed by atoms with E-state index in [4.69, 9.17) is 0 Å². The fraction of sp³-hybridized carbons (Fsp3) is 0.214. The Bertz CT molecular complexity index is 766. The lowest BCUT2D eigenvalue weighted by Crippen LogP contribution is -2.17. The Morgan fingerprint density at radius 2 is 2.19 bits per heavy atom. The highest BCUT2D eigenvalue weighted by molar-refractivity contribution is 7.17. The van der Waals surface area contributed by atoms with Crippen molar-refractivity contribution in [2.24, 2.45) is 0 Å². The molecule has 0 fully saturated rings. The Balaban J connectivity index is 2.03. The summed E-state index contributed by atoms with van der Waals surface area (Å²) in [6.07, 6.45) is -0.511. The second kappa shape index (κ2) is 5.88. The number of hydrogen-bond donors (Lipinski definition) is 2. The van der Waals surface area contributed by atoms with Crippen molar-refractivity contribution in [3.8, 4) is 0 Å². The predicted octanol–water partition coefficient (Wildman–Crippen LogP) is 2.78. The Morgan fingerprint density at radius 3 is 2.90 bits per heavy atom. The normalized spacial score (nSPS) is 12.5. The summed E-state index contributed by atoms with van der Waals surface area (Å²) in [6.45, 7) is 2.01. The van der Waals surface area contributed by atoms with E-state index in [1.807, 2.05) is 22.9 Å². The average Bonchev–Trinajstić information content (AvgIpc) is 3.14. The molecule has 21 heavy (non-hydrogen) atoms. The molecule has 1 atom stereocenters. The molecule has 3 aromatic rings. The van der Waals surface area contributed by atoms with Crippen molar-refractivity contribution in [2.45, 2.75) is 13.0 Å². The molecule has 0 aliphatic rings. The quantitative estimate of drug-likeness (QED) is 0.707. The molecule has 5 nitrogen and oxygen atoms in total. The van der Waals surface area contributed by atoms with Crippen molar-refractivity contribution in [3.05, 3.63) is 39.5 Å². The topological polar surface area (TPSA) is 75.1 Å². The monoisotopic (exact) mass is 319 g/mol. The molecule has 0 saturated carbocycles. The molecule has 3 aromatic heterocycles. The maximum absolute atomic E-state index is 12.6. The zero-order valence-corrected chi connectivity index (χ0v) is 12.9. The van der Waals surface area contributed by atoms with Crippen LogP contribution in [0.2, 0.25) is 0 Å². The van der Waals surface area contributed by atoms with Gasteiger partial charge in [-0.15, -0.1) is 22.7 Å². The zero-order valence-electron chi connectivity index (χ0n) is 11.2. The molecule has 3 heterocycles. The largest absolute Gasteiger partial charge is 0.392 e. The molecule has 3 rings (SSSR count). The van der Waals surface area contributed by atoms with Gasteiger partial charge in [-0.3, -0.25) is 4.79 Å². The minimum atomic E-state index is -0.511. The number of anilines is 1. The van der Waals surface area contributed by atoms with Gasteiger partial charge in [-0.05, 0) is 29.8 Å². The molecule has 0 aromatic carbocycles. The van der Waals surface area contributed by atoms with E-state index < -0.39 is 6.10 Å². The van der Waals surface area contributed by atoms with Gasteiger partial charge in [-0.25, -0.2) is 9.97 Å². The van der Waals surface area contributed by atoms with Crippen LogP contribution in [0.3, 0.4) is 0 Å². The number of nitrogens with one attached hydrogen (secondary N) is 1. The van der Waals surface area contributed by atoms with Gasteiger partial charge in [-0.2, -0.15) is 0 Å². The Kier molecular flexibility index (Phi) is 3.96. The Morgan fingerprint density at radius 1 is 1.33 bits per heavy atom. The van der Waals surface area contributed by atoms with E-state index in [0.717, 1.165) is 10.2 Å². The van der Waals surface area contributed by atoms with Gasteiger partial charge in [0.15, 0.2) is 0 Å². The second-order valence-electron chi connectivity index (χ2n) is 4.57. The zero-order chi connectivity index (χ0) is 14.8. The standard InChI is InChI=1S/C14H13N3O2S2/c1-8(18)7-15-14-16-9-4-6-21-13(9)11(17-14)12(19)10-3-2-5-20-10/h2-6,8,18H,7H2,1H3,(H,15,16,17)/t8-/m1/s1. The minimum absolute atomic E-state index is 0.0973. The number of thiophene rings is 2. The van der Waals surface area contributed by atoms with Crippen molar-refractivity contribution < 1.29 is 9.90 Å². The number of ketones is 1. The van der Waals surface area contributed by atoms with Gasteiger partial charge in [0.25, 0.3) is 0 Å². The highest BCUT2D eigenvalue weighted by Crippen LogP contribution is 2.26. The van der Waals surface area contributed by atoms with Gasteiger partial charge >= 0.3 is 0 Å². The van der Waals surface area contributed by atoms with E-state index in [1.165, 1.54) is 22.7 Å². The second-order valence-corrected chi connectivity index (χ2v) is 6.43. The summed E-state index contributed by atoms with van der Waals surface area (Å²) in [5, 5.41) is 16.0. The number of aliphatic hydroxyl groups is 1. The highest BCUT2D eigenvalue weighted by Gasteiger charge is 2.18. The first-order valence-corrected chi connectivity index (χ1v) is 8.16. The maximum Gasteiger partial charge on any atom is 0.224 e. The van der Waals surface area contributed by atoms with Crippen LogP contribution in [0.4, 0.5) is 5.95 Å². The van der Waals surface area contributed by atoms with Gasteiger partial charge in [-0.1, -0.05) is 6.07 Å². The average molecular weight is 319 g/mol. The third-order valence-corrected chi connectivity index (χ3v) is 4.60. The van der Waals surface area contributed by atoms with E-state index in [1.54, 1.807) is 13.0 Å². The molecule has 0 saturated heterocycles. The molecule has 0 radical (unpaired) electrons. The third-order valence-electron chi connectivity index (χ3n) is 2.82. The molecule has 0 unspecified atom stereocenters. The summed E-state index contributed by atoms with van der Waals surface area (Å²) in [5.74, 6) is 0.265.